The lowest BCUT2D eigenvalue weighted by molar-refractivity contribution is -0.137. The molecular formula is C13H25NO3. The smallest absolute Gasteiger partial charge is 0.303 e. The Kier molecular flexibility index (Phi) is 7.59. The van der Waals surface area contributed by atoms with Crippen LogP contribution < -0.4 is 5.32 Å². The number of carbonyl (C=O) groups is 2. The zero-order valence-electron chi connectivity index (χ0n) is 11.3. The second kappa shape index (κ2) is 8.09. The van der Waals surface area contributed by atoms with Crippen LogP contribution in [0.4, 0.5) is 0 Å². The van der Waals surface area contributed by atoms with Crippen molar-refractivity contribution in [2.24, 2.45) is 11.8 Å². The van der Waals surface area contributed by atoms with Crippen LogP contribution in [0.25, 0.3) is 0 Å². The third kappa shape index (κ3) is 7.77. The van der Waals surface area contributed by atoms with E-state index in [1.54, 1.807) is 0 Å². The van der Waals surface area contributed by atoms with Crippen LogP contribution in [0.3, 0.4) is 0 Å². The molecule has 0 radical (unpaired) electrons. The van der Waals surface area contributed by atoms with E-state index in [9.17, 15) is 9.59 Å². The van der Waals surface area contributed by atoms with E-state index < -0.39 is 5.97 Å². The normalized spacial score (nSPS) is 14.4. The maximum atomic E-state index is 11.7. The average molecular weight is 243 g/mol. The van der Waals surface area contributed by atoms with Crippen molar-refractivity contribution in [2.75, 3.05) is 0 Å². The van der Waals surface area contributed by atoms with Gasteiger partial charge in [0.2, 0.25) is 5.91 Å². The van der Waals surface area contributed by atoms with E-state index in [4.69, 9.17) is 5.11 Å². The largest absolute Gasteiger partial charge is 0.481 e. The molecule has 0 aromatic rings. The Morgan fingerprint density at radius 3 is 2.24 bits per heavy atom. The summed E-state index contributed by atoms with van der Waals surface area (Å²) in [7, 11) is 0. The first-order valence-corrected chi connectivity index (χ1v) is 6.37. The summed E-state index contributed by atoms with van der Waals surface area (Å²) < 4.78 is 0. The summed E-state index contributed by atoms with van der Waals surface area (Å²) in [4.78, 5) is 22.1. The minimum absolute atomic E-state index is 0.0310. The second-order valence-corrected chi connectivity index (χ2v) is 5.02. The molecule has 0 saturated heterocycles. The predicted molar refractivity (Wildman–Crippen MR) is 67.7 cm³/mol. The van der Waals surface area contributed by atoms with E-state index in [0.717, 1.165) is 6.42 Å². The number of hydrogen-bond donors (Lipinski definition) is 2. The monoisotopic (exact) mass is 243 g/mol. The Morgan fingerprint density at radius 2 is 1.82 bits per heavy atom. The van der Waals surface area contributed by atoms with Crippen molar-refractivity contribution in [1.29, 1.82) is 0 Å². The Balaban J connectivity index is 3.95. The molecule has 100 valence electrons. The molecule has 0 aromatic carbocycles. The molecule has 17 heavy (non-hydrogen) atoms. The molecule has 1 amide bonds. The van der Waals surface area contributed by atoms with Gasteiger partial charge in [-0.15, -0.1) is 0 Å². The average Bonchev–Trinajstić information content (AvgIpc) is 2.22. The Bertz CT molecular complexity index is 251. The molecule has 0 spiro atoms. The molecule has 0 fully saturated rings. The highest BCUT2D eigenvalue weighted by molar-refractivity contribution is 5.76. The summed E-state index contributed by atoms with van der Waals surface area (Å²) in [5.74, 6) is 0.116. The third-order valence-corrected chi connectivity index (χ3v) is 3.11. The molecule has 0 rings (SSSR count). The van der Waals surface area contributed by atoms with E-state index in [2.05, 4.69) is 26.1 Å². The molecule has 0 heterocycles. The van der Waals surface area contributed by atoms with Gasteiger partial charge < -0.3 is 10.4 Å². The molecule has 2 N–H and O–H groups in total. The van der Waals surface area contributed by atoms with Gasteiger partial charge in [-0.2, -0.15) is 0 Å². The number of carboxylic acid groups (broad SMARTS) is 1. The fourth-order valence-corrected chi connectivity index (χ4v) is 1.84. The zero-order chi connectivity index (χ0) is 13.4. The number of hydrogen-bond acceptors (Lipinski definition) is 2. The fraction of sp³-hybridized carbons (Fsp3) is 0.846. The molecule has 2 atom stereocenters. The van der Waals surface area contributed by atoms with Crippen molar-refractivity contribution in [3.05, 3.63) is 0 Å². The molecule has 0 aliphatic heterocycles. The molecule has 0 aromatic heterocycles. The van der Waals surface area contributed by atoms with E-state index >= 15 is 0 Å². The zero-order valence-corrected chi connectivity index (χ0v) is 11.3. The molecule has 4 heteroatoms. The van der Waals surface area contributed by atoms with Crippen molar-refractivity contribution < 1.29 is 14.7 Å². The van der Waals surface area contributed by atoms with E-state index in [1.807, 2.05) is 6.92 Å². The van der Waals surface area contributed by atoms with Crippen LogP contribution in [-0.2, 0) is 9.59 Å². The summed E-state index contributed by atoms with van der Waals surface area (Å²) in [5.41, 5.74) is 0. The van der Waals surface area contributed by atoms with Crippen LogP contribution in [0.15, 0.2) is 0 Å². The lowest BCUT2D eigenvalue weighted by Gasteiger charge is -2.20. The van der Waals surface area contributed by atoms with Crippen LogP contribution in [-0.4, -0.2) is 23.0 Å². The summed E-state index contributed by atoms with van der Waals surface area (Å²) >= 11 is 0. The first-order valence-electron chi connectivity index (χ1n) is 6.37. The van der Waals surface area contributed by atoms with Gasteiger partial charge in [0.25, 0.3) is 0 Å². The number of aliphatic carboxylic acids is 1. The molecule has 0 saturated carbocycles. The quantitative estimate of drug-likeness (QED) is 0.688. The lowest BCUT2D eigenvalue weighted by atomic mass is 9.90. The minimum atomic E-state index is -0.820. The molecule has 2 unspecified atom stereocenters. The minimum Gasteiger partial charge on any atom is -0.481 e. The second-order valence-electron chi connectivity index (χ2n) is 5.02. The van der Waals surface area contributed by atoms with Crippen LogP contribution >= 0.6 is 0 Å². The SMILES string of the molecule is CCC(CC(=O)NC(C)CCC(=O)O)C(C)C. The van der Waals surface area contributed by atoms with Crippen molar-refractivity contribution >= 4 is 11.9 Å². The van der Waals surface area contributed by atoms with Gasteiger partial charge in [0.05, 0.1) is 0 Å². The number of amides is 1. The highest BCUT2D eigenvalue weighted by Gasteiger charge is 2.17. The van der Waals surface area contributed by atoms with Gasteiger partial charge in [0.1, 0.15) is 0 Å². The maximum absolute atomic E-state index is 11.7. The van der Waals surface area contributed by atoms with Crippen LogP contribution in [0.5, 0.6) is 0 Å². The van der Waals surface area contributed by atoms with Gasteiger partial charge in [0, 0.05) is 18.9 Å². The Hall–Kier alpha value is -1.06. The first-order chi connectivity index (χ1) is 7.86. The molecule has 4 nitrogen and oxygen atoms in total. The van der Waals surface area contributed by atoms with Crippen LogP contribution in [0.2, 0.25) is 0 Å². The van der Waals surface area contributed by atoms with E-state index in [0.29, 0.717) is 24.7 Å². The summed E-state index contributed by atoms with van der Waals surface area (Å²) in [6, 6.07) is -0.0664. The van der Waals surface area contributed by atoms with Gasteiger partial charge in [-0.25, -0.2) is 0 Å². The number of carboxylic acids is 1. The summed E-state index contributed by atoms with van der Waals surface area (Å²) in [6.45, 7) is 8.17. The maximum Gasteiger partial charge on any atom is 0.303 e. The molecule has 0 aliphatic rings. The highest BCUT2D eigenvalue weighted by atomic mass is 16.4. The van der Waals surface area contributed by atoms with E-state index in [1.165, 1.54) is 0 Å². The highest BCUT2D eigenvalue weighted by Crippen LogP contribution is 2.18. The van der Waals surface area contributed by atoms with E-state index in [-0.39, 0.29) is 18.4 Å². The predicted octanol–water partition coefficient (Wildman–Crippen LogP) is 2.43. The van der Waals surface area contributed by atoms with Crippen molar-refractivity contribution in [3.8, 4) is 0 Å². The third-order valence-electron chi connectivity index (χ3n) is 3.11. The number of nitrogens with one attached hydrogen (secondary N) is 1. The molecular weight excluding hydrogens is 218 g/mol. The van der Waals surface area contributed by atoms with Crippen molar-refractivity contribution in [3.63, 3.8) is 0 Å². The summed E-state index contributed by atoms with van der Waals surface area (Å²) in [6.07, 6.45) is 2.11. The van der Waals surface area contributed by atoms with Gasteiger partial charge in [0.15, 0.2) is 0 Å². The van der Waals surface area contributed by atoms with Crippen molar-refractivity contribution in [1.82, 2.24) is 5.32 Å². The fourth-order valence-electron chi connectivity index (χ4n) is 1.84. The topological polar surface area (TPSA) is 66.4 Å². The molecule has 0 bridgehead atoms. The molecule has 0 aliphatic carbocycles. The first kappa shape index (κ1) is 15.9. The standard InChI is InChI=1S/C13H25NO3/c1-5-11(9(2)3)8-12(15)14-10(4)6-7-13(16)17/h9-11H,5-8H2,1-4H3,(H,14,15)(H,16,17). The number of rotatable bonds is 8. The lowest BCUT2D eigenvalue weighted by Crippen LogP contribution is -2.34. The van der Waals surface area contributed by atoms with Crippen molar-refractivity contribution in [2.45, 2.75) is 59.4 Å². The van der Waals surface area contributed by atoms with Gasteiger partial charge in [-0.3, -0.25) is 9.59 Å². The van der Waals surface area contributed by atoms with Gasteiger partial charge >= 0.3 is 5.97 Å². The Labute approximate surface area is 104 Å². The Morgan fingerprint density at radius 1 is 1.24 bits per heavy atom. The van der Waals surface area contributed by atoms with Gasteiger partial charge in [-0.05, 0) is 25.2 Å². The number of carbonyl (C=O) groups excluding carboxylic acids is 1. The van der Waals surface area contributed by atoms with Gasteiger partial charge in [-0.1, -0.05) is 27.2 Å². The van der Waals surface area contributed by atoms with Crippen LogP contribution in [0.1, 0.15) is 53.4 Å². The summed E-state index contributed by atoms with van der Waals surface area (Å²) in [5, 5.41) is 11.4. The van der Waals surface area contributed by atoms with Crippen LogP contribution in [0, 0.1) is 11.8 Å².